The molecule has 2 aromatic carbocycles. The topological polar surface area (TPSA) is 148 Å². The third-order valence-electron chi connectivity index (χ3n) is 12.5. The lowest BCUT2D eigenvalue weighted by molar-refractivity contribution is -0.136. The normalized spacial score (nSPS) is 19.5. The highest BCUT2D eigenvalue weighted by atomic mass is 16.5. The summed E-state index contributed by atoms with van der Waals surface area (Å²) in [5, 5.41) is 6.68. The minimum absolute atomic E-state index is 0.0108. The van der Waals surface area contributed by atoms with Gasteiger partial charge in [0.1, 0.15) is 17.1 Å². The lowest BCUT2D eigenvalue weighted by atomic mass is 9.90. The number of amides is 4. The quantitative estimate of drug-likeness (QED) is 0.136. The average molecular weight is 819 g/mol. The van der Waals surface area contributed by atoms with Gasteiger partial charge in [0.15, 0.2) is 6.61 Å². The van der Waals surface area contributed by atoms with Crippen molar-refractivity contribution >= 4 is 52.0 Å². The van der Waals surface area contributed by atoms with Crippen LogP contribution in [0.15, 0.2) is 60.8 Å². The second-order valence-corrected chi connectivity index (χ2v) is 16.8. The van der Waals surface area contributed by atoms with Crippen LogP contribution >= 0.6 is 0 Å². The maximum Gasteiger partial charge on any atom is 0.270 e. The van der Waals surface area contributed by atoms with Crippen LogP contribution in [0.25, 0.3) is 11.0 Å². The Kier molecular flexibility index (Phi) is 12.9. The number of hydrogen-bond acceptors (Lipinski definition) is 11. The standard InChI is InChI=1S/C45H58N10O5/c1-50(2)44(59)39-29-33-30-46-45(49-42(33)55(39)36-9-3-4-10-36)47-34-12-14-35(15-13-34)53-24-20-51(21-25-53)18-5-6-19-52-22-26-54(27-23-52)41(57)31-60-37-11-7-8-32(28-37)38-16-17-40(56)48-43(38)58/h7-8,11-15,28-30,36,38H,3-6,9-10,16-27,31H2,1-2H3,(H,46,47,49)(H,48,56,58). The summed E-state index contributed by atoms with van der Waals surface area (Å²) in [7, 11) is 3.58. The van der Waals surface area contributed by atoms with Gasteiger partial charge in [0.25, 0.3) is 11.8 Å². The van der Waals surface area contributed by atoms with Crippen molar-refractivity contribution in [3.8, 4) is 5.75 Å². The summed E-state index contributed by atoms with van der Waals surface area (Å²) in [6, 6.07) is 18.0. The van der Waals surface area contributed by atoms with Crippen molar-refractivity contribution in [3.63, 3.8) is 0 Å². The molecule has 0 bridgehead atoms. The number of anilines is 3. The van der Waals surface area contributed by atoms with Gasteiger partial charge >= 0.3 is 0 Å². The van der Waals surface area contributed by atoms with Crippen molar-refractivity contribution in [1.29, 1.82) is 0 Å². The van der Waals surface area contributed by atoms with Crippen LogP contribution in [0, 0.1) is 0 Å². The number of unbranched alkanes of at least 4 members (excludes halogenated alkanes) is 1. The van der Waals surface area contributed by atoms with Crippen LogP contribution in [0.3, 0.4) is 0 Å². The highest BCUT2D eigenvalue weighted by Gasteiger charge is 2.29. The van der Waals surface area contributed by atoms with Gasteiger partial charge in [-0.1, -0.05) is 25.0 Å². The largest absolute Gasteiger partial charge is 0.484 e. The summed E-state index contributed by atoms with van der Waals surface area (Å²) in [6.45, 7) is 9.25. The molecule has 15 heteroatoms. The number of hydrogen-bond donors (Lipinski definition) is 2. The molecule has 60 heavy (non-hydrogen) atoms. The van der Waals surface area contributed by atoms with E-state index in [1.165, 1.54) is 18.5 Å². The van der Waals surface area contributed by atoms with Gasteiger partial charge in [0.05, 0.1) is 5.92 Å². The fraction of sp³-hybridized carbons (Fsp3) is 0.511. The van der Waals surface area contributed by atoms with Gasteiger partial charge in [-0.25, -0.2) is 4.98 Å². The molecule has 318 valence electrons. The third-order valence-corrected chi connectivity index (χ3v) is 12.5. The molecule has 4 fully saturated rings. The van der Waals surface area contributed by atoms with Crippen molar-refractivity contribution < 1.29 is 23.9 Å². The van der Waals surface area contributed by atoms with E-state index in [0.717, 1.165) is 100 Å². The number of fused-ring (bicyclic) bond motifs is 1. The summed E-state index contributed by atoms with van der Waals surface area (Å²) < 4.78 is 7.98. The first kappa shape index (κ1) is 41.2. The number of rotatable bonds is 14. The Morgan fingerprint density at radius 1 is 0.867 bits per heavy atom. The van der Waals surface area contributed by atoms with Gasteiger partial charge < -0.3 is 29.3 Å². The molecule has 4 amide bonds. The Hall–Kier alpha value is -5.54. The van der Waals surface area contributed by atoms with Crippen molar-refractivity contribution in [2.45, 2.75) is 63.3 Å². The molecule has 3 aliphatic heterocycles. The Morgan fingerprint density at radius 2 is 1.57 bits per heavy atom. The fourth-order valence-corrected chi connectivity index (χ4v) is 9.07. The summed E-state index contributed by atoms with van der Waals surface area (Å²) in [5.74, 6) is 0.126. The van der Waals surface area contributed by atoms with E-state index in [1.807, 2.05) is 29.3 Å². The SMILES string of the molecule is CN(C)C(=O)c1cc2cnc(Nc3ccc(N4CCN(CCCCN5CCN(C(=O)COc6cccc(C7CCC(=O)NC7=O)c6)CC5)CC4)cc3)nc2n1C1CCCC1. The molecule has 2 N–H and O–H groups in total. The van der Waals surface area contributed by atoms with Gasteiger partial charge in [0, 0.05) is 102 Å². The molecule has 3 saturated heterocycles. The smallest absolute Gasteiger partial charge is 0.270 e. The van der Waals surface area contributed by atoms with E-state index in [0.29, 0.717) is 43.3 Å². The van der Waals surface area contributed by atoms with Gasteiger partial charge in [-0.3, -0.25) is 34.3 Å². The minimum Gasteiger partial charge on any atom is -0.484 e. The predicted octanol–water partition coefficient (Wildman–Crippen LogP) is 4.64. The van der Waals surface area contributed by atoms with Crippen LogP contribution in [-0.4, -0.2) is 144 Å². The summed E-state index contributed by atoms with van der Waals surface area (Å²) in [4.78, 5) is 70.3. The lowest BCUT2D eigenvalue weighted by Crippen LogP contribution is -2.50. The summed E-state index contributed by atoms with van der Waals surface area (Å²) >= 11 is 0. The summed E-state index contributed by atoms with van der Waals surface area (Å²) in [5.41, 5.74) is 4.41. The first-order valence-electron chi connectivity index (χ1n) is 21.7. The number of piperazine rings is 2. The first-order chi connectivity index (χ1) is 29.2. The molecule has 8 rings (SSSR count). The number of carbonyl (C=O) groups excluding carboxylic acids is 4. The minimum atomic E-state index is -0.386. The molecule has 15 nitrogen and oxygen atoms in total. The first-order valence-corrected chi connectivity index (χ1v) is 21.7. The number of ether oxygens (including phenoxy) is 1. The second kappa shape index (κ2) is 18.8. The van der Waals surface area contributed by atoms with Gasteiger partial charge in [-0.05, 0) is 93.2 Å². The van der Waals surface area contributed by atoms with Crippen LogP contribution < -0.4 is 20.3 Å². The van der Waals surface area contributed by atoms with Crippen LogP contribution in [0.5, 0.6) is 5.75 Å². The van der Waals surface area contributed by atoms with Crippen LogP contribution in [0.2, 0.25) is 0 Å². The van der Waals surface area contributed by atoms with Crippen molar-refractivity contribution in [3.05, 3.63) is 72.1 Å². The number of imide groups is 1. The number of nitrogens with one attached hydrogen (secondary N) is 2. The van der Waals surface area contributed by atoms with Crippen molar-refractivity contribution in [2.75, 3.05) is 96.4 Å². The number of aromatic nitrogens is 3. The van der Waals surface area contributed by atoms with Crippen molar-refractivity contribution in [1.82, 2.24) is 39.5 Å². The molecule has 4 aliphatic rings. The summed E-state index contributed by atoms with van der Waals surface area (Å²) in [6.07, 6.45) is 9.33. The third kappa shape index (κ3) is 9.73. The van der Waals surface area contributed by atoms with Crippen LogP contribution in [0.1, 0.15) is 79.4 Å². The van der Waals surface area contributed by atoms with E-state index in [2.05, 4.69) is 59.1 Å². The van der Waals surface area contributed by atoms with Crippen molar-refractivity contribution in [2.24, 2.45) is 0 Å². The number of nitrogens with zero attached hydrogens (tertiary/aromatic N) is 8. The molecule has 1 aliphatic carbocycles. The van der Waals surface area contributed by atoms with E-state index in [4.69, 9.17) is 9.72 Å². The Bertz CT molecular complexity index is 2150. The monoisotopic (exact) mass is 818 g/mol. The predicted molar refractivity (Wildman–Crippen MR) is 231 cm³/mol. The average Bonchev–Trinajstić information content (AvgIpc) is 3.93. The Morgan fingerprint density at radius 3 is 2.25 bits per heavy atom. The molecule has 1 unspecified atom stereocenters. The van der Waals surface area contributed by atoms with Gasteiger partial charge in [-0.2, -0.15) is 4.98 Å². The molecular weight excluding hydrogens is 761 g/mol. The molecule has 5 heterocycles. The van der Waals surface area contributed by atoms with Crippen LogP contribution in [-0.2, 0) is 14.4 Å². The lowest BCUT2D eigenvalue weighted by Gasteiger charge is -2.36. The molecule has 0 radical (unpaired) electrons. The number of piperidine rings is 1. The van der Waals surface area contributed by atoms with E-state index >= 15 is 0 Å². The zero-order chi connectivity index (χ0) is 41.6. The van der Waals surface area contributed by atoms with E-state index in [9.17, 15) is 19.2 Å². The molecule has 0 spiro atoms. The molecule has 1 saturated carbocycles. The molecular formula is C45H58N10O5. The highest BCUT2D eigenvalue weighted by Crippen LogP contribution is 2.35. The van der Waals surface area contributed by atoms with Crippen LogP contribution in [0.4, 0.5) is 17.3 Å². The fourth-order valence-electron chi connectivity index (χ4n) is 9.07. The maximum absolute atomic E-state index is 13.1. The molecule has 2 aromatic heterocycles. The molecule has 1 atom stereocenters. The Labute approximate surface area is 352 Å². The van der Waals surface area contributed by atoms with E-state index in [1.54, 1.807) is 31.1 Å². The van der Waals surface area contributed by atoms with Gasteiger partial charge in [0.2, 0.25) is 17.8 Å². The van der Waals surface area contributed by atoms with Gasteiger partial charge in [-0.15, -0.1) is 0 Å². The second-order valence-electron chi connectivity index (χ2n) is 16.8. The van der Waals surface area contributed by atoms with E-state index < -0.39 is 0 Å². The highest BCUT2D eigenvalue weighted by molar-refractivity contribution is 6.01. The Balaban J connectivity index is 0.726. The molecule has 4 aromatic rings. The number of carbonyl (C=O) groups is 4. The van der Waals surface area contributed by atoms with E-state index in [-0.39, 0.29) is 42.2 Å². The zero-order valence-corrected chi connectivity index (χ0v) is 35.0. The zero-order valence-electron chi connectivity index (χ0n) is 35.0. The maximum atomic E-state index is 13.1. The number of benzene rings is 2.